The smallest absolute Gasteiger partial charge is 0.319 e. The SMILES string of the molecule is CCC(CC(=O)O)NC(=O)Nc1c(Br)cc(C)cc1Br. The number of carbonyl (C=O) groups is 2. The molecule has 1 rings (SSSR count). The number of hydrogen-bond donors (Lipinski definition) is 3. The number of halogens is 2. The van der Waals surface area contributed by atoms with E-state index in [-0.39, 0.29) is 6.42 Å². The van der Waals surface area contributed by atoms with Gasteiger partial charge in [-0.05, 0) is 62.9 Å². The van der Waals surface area contributed by atoms with Crippen molar-refractivity contribution in [1.29, 1.82) is 0 Å². The van der Waals surface area contributed by atoms with Gasteiger partial charge in [0.05, 0.1) is 12.1 Å². The van der Waals surface area contributed by atoms with E-state index in [1.165, 1.54) is 0 Å². The third-order valence-electron chi connectivity index (χ3n) is 2.67. The molecule has 1 aromatic rings. The number of anilines is 1. The Morgan fingerprint density at radius 2 is 1.85 bits per heavy atom. The second-order valence-electron chi connectivity index (χ2n) is 4.41. The van der Waals surface area contributed by atoms with Crippen LogP contribution in [0.25, 0.3) is 0 Å². The Morgan fingerprint density at radius 1 is 1.30 bits per heavy atom. The number of benzene rings is 1. The van der Waals surface area contributed by atoms with Crippen molar-refractivity contribution in [2.24, 2.45) is 0 Å². The first kappa shape index (κ1) is 17.0. The highest BCUT2D eigenvalue weighted by molar-refractivity contribution is 9.11. The van der Waals surface area contributed by atoms with E-state index in [2.05, 4.69) is 42.5 Å². The molecule has 2 amide bonds. The van der Waals surface area contributed by atoms with Crippen LogP contribution in [0.4, 0.5) is 10.5 Å². The molecule has 0 saturated heterocycles. The van der Waals surface area contributed by atoms with Gasteiger partial charge in [-0.25, -0.2) is 4.79 Å². The minimum Gasteiger partial charge on any atom is -0.481 e. The summed E-state index contributed by atoms with van der Waals surface area (Å²) in [6.07, 6.45) is 0.454. The minimum atomic E-state index is -0.935. The summed E-state index contributed by atoms with van der Waals surface area (Å²) in [4.78, 5) is 22.6. The van der Waals surface area contributed by atoms with E-state index in [0.29, 0.717) is 12.1 Å². The maximum atomic E-state index is 11.9. The molecule has 0 radical (unpaired) electrons. The molecular weight excluding hydrogens is 392 g/mol. The second kappa shape index (κ2) is 7.64. The lowest BCUT2D eigenvalue weighted by molar-refractivity contribution is -0.137. The summed E-state index contributed by atoms with van der Waals surface area (Å²) in [5, 5.41) is 14.1. The van der Waals surface area contributed by atoms with Crippen LogP contribution >= 0.6 is 31.9 Å². The molecule has 0 aromatic heterocycles. The van der Waals surface area contributed by atoms with E-state index in [1.807, 2.05) is 26.0 Å². The lowest BCUT2D eigenvalue weighted by atomic mass is 10.1. The second-order valence-corrected chi connectivity index (χ2v) is 6.11. The number of carboxylic acids is 1. The number of carbonyl (C=O) groups excluding carboxylic acids is 1. The highest BCUT2D eigenvalue weighted by Gasteiger charge is 2.15. The summed E-state index contributed by atoms with van der Waals surface area (Å²) >= 11 is 6.77. The first-order valence-corrected chi connectivity index (χ1v) is 7.67. The Morgan fingerprint density at radius 3 is 2.30 bits per heavy atom. The van der Waals surface area contributed by atoms with Crippen molar-refractivity contribution in [3.8, 4) is 0 Å². The van der Waals surface area contributed by atoms with Gasteiger partial charge in [0.2, 0.25) is 0 Å². The topological polar surface area (TPSA) is 78.4 Å². The molecule has 7 heteroatoms. The summed E-state index contributed by atoms with van der Waals surface area (Å²) in [5.74, 6) is -0.935. The quantitative estimate of drug-likeness (QED) is 0.692. The summed E-state index contributed by atoms with van der Waals surface area (Å²) in [7, 11) is 0. The zero-order chi connectivity index (χ0) is 15.3. The van der Waals surface area contributed by atoms with Crippen LogP contribution in [0, 0.1) is 6.92 Å². The fraction of sp³-hybridized carbons (Fsp3) is 0.385. The van der Waals surface area contributed by atoms with Gasteiger partial charge >= 0.3 is 12.0 Å². The van der Waals surface area contributed by atoms with Crippen LogP contribution in [0.5, 0.6) is 0 Å². The number of hydrogen-bond acceptors (Lipinski definition) is 2. The first-order valence-electron chi connectivity index (χ1n) is 6.08. The molecule has 20 heavy (non-hydrogen) atoms. The molecular formula is C13H16Br2N2O3. The molecule has 110 valence electrons. The average Bonchev–Trinajstić information content (AvgIpc) is 2.32. The van der Waals surface area contributed by atoms with Crippen molar-refractivity contribution in [2.75, 3.05) is 5.32 Å². The highest BCUT2D eigenvalue weighted by Crippen LogP contribution is 2.32. The van der Waals surface area contributed by atoms with Gasteiger partial charge < -0.3 is 15.7 Å². The van der Waals surface area contributed by atoms with Gasteiger partial charge in [0.25, 0.3) is 0 Å². The van der Waals surface area contributed by atoms with Gasteiger partial charge in [0.15, 0.2) is 0 Å². The van der Waals surface area contributed by atoms with Crippen LogP contribution in [-0.2, 0) is 4.79 Å². The fourth-order valence-electron chi connectivity index (χ4n) is 1.66. The molecule has 0 aliphatic rings. The fourth-order valence-corrected chi connectivity index (χ4v) is 3.28. The molecule has 0 aliphatic carbocycles. The number of aryl methyl sites for hydroxylation is 1. The molecule has 3 N–H and O–H groups in total. The summed E-state index contributed by atoms with van der Waals surface area (Å²) in [6, 6.07) is 2.95. The normalized spacial score (nSPS) is 11.8. The van der Waals surface area contributed by atoms with E-state index < -0.39 is 18.0 Å². The molecule has 1 aromatic carbocycles. The molecule has 0 fully saturated rings. The summed E-state index contributed by atoms with van der Waals surface area (Å²) in [5.41, 5.74) is 1.66. The standard InChI is InChI=1S/C13H16Br2N2O3/c1-3-8(6-11(18)19)16-13(20)17-12-9(14)4-7(2)5-10(12)15/h4-5,8H,3,6H2,1-2H3,(H,18,19)(H2,16,17,20). The van der Waals surface area contributed by atoms with E-state index in [1.54, 1.807) is 0 Å². The zero-order valence-corrected chi connectivity index (χ0v) is 14.3. The number of aliphatic carboxylic acids is 1. The number of rotatable bonds is 5. The van der Waals surface area contributed by atoms with Crippen molar-refractivity contribution in [3.05, 3.63) is 26.6 Å². The Bertz CT molecular complexity index is 497. The highest BCUT2D eigenvalue weighted by atomic mass is 79.9. The number of carboxylic acid groups (broad SMARTS) is 1. The molecule has 5 nitrogen and oxygen atoms in total. The number of nitrogens with one attached hydrogen (secondary N) is 2. The number of urea groups is 1. The predicted molar refractivity (Wildman–Crippen MR) is 85.1 cm³/mol. The van der Waals surface area contributed by atoms with Crippen molar-refractivity contribution < 1.29 is 14.7 Å². The van der Waals surface area contributed by atoms with E-state index >= 15 is 0 Å². The molecule has 0 bridgehead atoms. The van der Waals surface area contributed by atoms with Gasteiger partial charge in [0.1, 0.15) is 0 Å². The molecule has 1 unspecified atom stereocenters. The largest absolute Gasteiger partial charge is 0.481 e. The molecule has 0 aliphatic heterocycles. The van der Waals surface area contributed by atoms with Crippen LogP contribution < -0.4 is 10.6 Å². The van der Waals surface area contributed by atoms with Crippen molar-refractivity contribution >= 4 is 49.5 Å². The Labute approximate surface area is 134 Å². The van der Waals surface area contributed by atoms with E-state index in [0.717, 1.165) is 14.5 Å². The third-order valence-corrected chi connectivity index (χ3v) is 3.92. The molecule has 1 atom stereocenters. The van der Waals surface area contributed by atoms with Crippen molar-refractivity contribution in [3.63, 3.8) is 0 Å². The number of amides is 2. The zero-order valence-electron chi connectivity index (χ0n) is 11.2. The van der Waals surface area contributed by atoms with Crippen LogP contribution in [-0.4, -0.2) is 23.1 Å². The van der Waals surface area contributed by atoms with Crippen LogP contribution in [0.1, 0.15) is 25.3 Å². The van der Waals surface area contributed by atoms with Crippen LogP contribution in [0.3, 0.4) is 0 Å². The van der Waals surface area contributed by atoms with Gasteiger partial charge in [0, 0.05) is 15.0 Å². The van der Waals surface area contributed by atoms with Gasteiger partial charge in [-0.1, -0.05) is 6.92 Å². The Balaban J connectivity index is 2.73. The minimum absolute atomic E-state index is 0.0971. The molecule has 0 saturated carbocycles. The van der Waals surface area contributed by atoms with Crippen LogP contribution in [0.2, 0.25) is 0 Å². The lowest BCUT2D eigenvalue weighted by Crippen LogP contribution is -2.39. The predicted octanol–water partition coefficient (Wildman–Crippen LogP) is 3.89. The van der Waals surface area contributed by atoms with Crippen LogP contribution in [0.15, 0.2) is 21.1 Å². The molecule has 0 heterocycles. The lowest BCUT2D eigenvalue weighted by Gasteiger charge is -2.17. The first-order chi connectivity index (χ1) is 9.33. The monoisotopic (exact) mass is 406 g/mol. The Hall–Kier alpha value is -1.08. The van der Waals surface area contributed by atoms with Crippen molar-refractivity contribution in [1.82, 2.24) is 5.32 Å². The third kappa shape index (κ3) is 5.13. The average molecular weight is 408 g/mol. The van der Waals surface area contributed by atoms with E-state index in [4.69, 9.17) is 5.11 Å². The summed E-state index contributed by atoms with van der Waals surface area (Å²) < 4.78 is 1.51. The van der Waals surface area contributed by atoms with Gasteiger partial charge in [-0.3, -0.25) is 4.79 Å². The maximum Gasteiger partial charge on any atom is 0.319 e. The van der Waals surface area contributed by atoms with E-state index in [9.17, 15) is 9.59 Å². The van der Waals surface area contributed by atoms with Gasteiger partial charge in [-0.15, -0.1) is 0 Å². The van der Waals surface area contributed by atoms with Crippen molar-refractivity contribution in [2.45, 2.75) is 32.7 Å². The Kier molecular flexibility index (Phi) is 6.48. The van der Waals surface area contributed by atoms with Gasteiger partial charge in [-0.2, -0.15) is 0 Å². The summed E-state index contributed by atoms with van der Waals surface area (Å²) in [6.45, 7) is 3.77. The maximum absolute atomic E-state index is 11.9. The molecule has 0 spiro atoms.